The van der Waals surface area contributed by atoms with Crippen molar-refractivity contribution in [2.75, 3.05) is 4.90 Å². The van der Waals surface area contributed by atoms with Gasteiger partial charge < -0.3 is 4.90 Å². The third-order valence-corrected chi connectivity index (χ3v) is 8.95. The third kappa shape index (κ3) is 3.21. The molecule has 0 bridgehead atoms. The fraction of sp³-hybridized carbons (Fsp3) is 0.147. The molecule has 2 heterocycles. The molecule has 0 radical (unpaired) electrons. The number of halogens is 2. The Balaban J connectivity index is 1.56. The molecule has 2 aliphatic heterocycles. The molecule has 0 N–H and O–H groups in total. The van der Waals surface area contributed by atoms with E-state index in [1.807, 2.05) is 24.0 Å². The summed E-state index contributed by atoms with van der Waals surface area (Å²) < 4.78 is 14.3. The maximum Gasteiger partial charge on any atom is 0.185 e. The zero-order valence-corrected chi connectivity index (χ0v) is 22.2. The van der Waals surface area contributed by atoms with Crippen molar-refractivity contribution in [3.63, 3.8) is 0 Å². The summed E-state index contributed by atoms with van der Waals surface area (Å²) in [6.07, 6.45) is 3.52. The summed E-state index contributed by atoms with van der Waals surface area (Å²) >= 11 is 6.81. The van der Waals surface area contributed by atoms with Crippen LogP contribution in [0.3, 0.4) is 0 Å². The Hall–Kier alpha value is -4.35. The van der Waals surface area contributed by atoms with Gasteiger partial charge in [-0.05, 0) is 36.8 Å². The van der Waals surface area contributed by atoms with Crippen LogP contribution in [0.2, 0.25) is 5.02 Å². The minimum Gasteiger partial charge on any atom is -0.352 e. The highest BCUT2D eigenvalue weighted by molar-refractivity contribution is 6.34. The summed E-state index contributed by atoms with van der Waals surface area (Å²) in [7, 11) is 0. The zero-order valence-electron chi connectivity index (χ0n) is 21.5. The zero-order chi connectivity index (χ0) is 27.8. The van der Waals surface area contributed by atoms with Gasteiger partial charge in [0.2, 0.25) is 0 Å². The average Bonchev–Trinajstić information content (AvgIpc) is 3.39. The Bertz CT molecular complexity index is 1740. The molecule has 0 saturated carbocycles. The first kappa shape index (κ1) is 24.7. The van der Waals surface area contributed by atoms with Crippen molar-refractivity contribution >= 4 is 40.7 Å². The van der Waals surface area contributed by atoms with Crippen LogP contribution in [0.1, 0.15) is 53.7 Å². The Morgan fingerprint density at radius 2 is 1.52 bits per heavy atom. The molecule has 196 valence electrons. The minimum absolute atomic E-state index is 0.242. The monoisotopic (exact) mass is 547 g/mol. The first-order chi connectivity index (χ1) is 19.3. The predicted molar refractivity (Wildman–Crippen MR) is 153 cm³/mol. The number of Topliss-reactive ketones (excluding diaryl/α,β-unsaturated/α-hetero) is 3. The van der Waals surface area contributed by atoms with Gasteiger partial charge in [0.05, 0.1) is 6.04 Å². The number of fused-ring (bicyclic) bond motifs is 5. The van der Waals surface area contributed by atoms with Crippen LogP contribution in [0.5, 0.6) is 0 Å². The number of anilines is 1. The molecule has 0 aromatic heterocycles. The second kappa shape index (κ2) is 8.83. The van der Waals surface area contributed by atoms with E-state index in [0.29, 0.717) is 38.5 Å². The molecule has 0 amide bonds. The van der Waals surface area contributed by atoms with E-state index in [0.717, 1.165) is 5.56 Å². The number of hydrogen-bond acceptors (Lipinski definition) is 4. The first-order valence-electron chi connectivity index (χ1n) is 13.1. The number of carbonyl (C=O) groups is 3. The number of nitrogens with zero attached hydrogens (tertiary/aromatic N) is 1. The fourth-order valence-electron chi connectivity index (χ4n) is 6.91. The van der Waals surface area contributed by atoms with E-state index < -0.39 is 29.2 Å². The average molecular weight is 548 g/mol. The smallest absolute Gasteiger partial charge is 0.185 e. The number of carbonyl (C=O) groups excluding carboxylic acids is 3. The summed E-state index contributed by atoms with van der Waals surface area (Å²) in [6.45, 7) is 1.94. The number of aryl methyl sites for hydroxylation is 1. The molecule has 1 fully saturated rings. The van der Waals surface area contributed by atoms with Crippen molar-refractivity contribution in [3.8, 4) is 0 Å². The van der Waals surface area contributed by atoms with Gasteiger partial charge in [0.25, 0.3) is 0 Å². The van der Waals surface area contributed by atoms with Crippen LogP contribution in [-0.4, -0.2) is 29.4 Å². The molecule has 6 heteroatoms. The van der Waals surface area contributed by atoms with Crippen LogP contribution < -0.4 is 4.90 Å². The number of hydrogen-bond donors (Lipinski definition) is 0. The number of rotatable bonds is 3. The second-order valence-corrected chi connectivity index (χ2v) is 11.1. The molecule has 4 nitrogen and oxygen atoms in total. The van der Waals surface area contributed by atoms with Gasteiger partial charge in [0, 0.05) is 38.9 Å². The van der Waals surface area contributed by atoms with Crippen molar-refractivity contribution in [3.05, 3.63) is 141 Å². The van der Waals surface area contributed by atoms with Crippen LogP contribution in [-0.2, 0) is 0 Å². The topological polar surface area (TPSA) is 54.5 Å². The fourth-order valence-corrected chi connectivity index (χ4v) is 7.16. The van der Waals surface area contributed by atoms with Crippen LogP contribution in [0.25, 0.3) is 6.08 Å². The molecule has 4 aromatic carbocycles. The van der Waals surface area contributed by atoms with Gasteiger partial charge in [-0.15, -0.1) is 0 Å². The standard InChI is InChI=1S/C34H23ClFNO3/c1-19-10-12-20(13-11-19)31(38)30-29(25-8-4-5-9-26(25)35)34(32(39)23-6-2-3-7-24(23)33(34)40)28-17-14-21-18-22(36)15-16-27(21)37(28)30/h2-18,28-30H,1H3/t28-,29+,30-/m1/s1. The Morgan fingerprint density at radius 1 is 0.875 bits per heavy atom. The van der Waals surface area contributed by atoms with Gasteiger partial charge >= 0.3 is 0 Å². The van der Waals surface area contributed by atoms with E-state index >= 15 is 0 Å². The van der Waals surface area contributed by atoms with E-state index in [4.69, 9.17) is 11.6 Å². The van der Waals surface area contributed by atoms with E-state index in [9.17, 15) is 18.8 Å². The third-order valence-electron chi connectivity index (χ3n) is 8.61. The Labute approximate surface area is 235 Å². The second-order valence-electron chi connectivity index (χ2n) is 10.7. The Morgan fingerprint density at radius 3 is 2.20 bits per heavy atom. The lowest BCUT2D eigenvalue weighted by Crippen LogP contribution is -2.48. The maximum atomic E-state index is 14.6. The van der Waals surface area contributed by atoms with E-state index in [-0.39, 0.29) is 17.3 Å². The molecule has 1 saturated heterocycles. The molecular weight excluding hydrogens is 525 g/mol. The van der Waals surface area contributed by atoms with Crippen LogP contribution in [0, 0.1) is 18.2 Å². The normalized spacial score (nSPS) is 21.9. The van der Waals surface area contributed by atoms with E-state index in [1.165, 1.54) is 12.1 Å². The van der Waals surface area contributed by atoms with Gasteiger partial charge in [-0.25, -0.2) is 4.39 Å². The molecule has 40 heavy (non-hydrogen) atoms. The van der Waals surface area contributed by atoms with Crippen molar-refractivity contribution in [1.29, 1.82) is 0 Å². The summed E-state index contributed by atoms with van der Waals surface area (Å²) in [5.74, 6) is -2.23. The number of ketones is 3. The number of benzene rings is 4. The highest BCUT2D eigenvalue weighted by Crippen LogP contribution is 2.61. The van der Waals surface area contributed by atoms with Crippen molar-refractivity contribution < 1.29 is 18.8 Å². The molecule has 0 unspecified atom stereocenters. The van der Waals surface area contributed by atoms with E-state index in [1.54, 1.807) is 78.9 Å². The summed E-state index contributed by atoms with van der Waals surface area (Å²) in [5.41, 5.74) is 2.19. The van der Waals surface area contributed by atoms with E-state index in [2.05, 4.69) is 0 Å². The van der Waals surface area contributed by atoms with Crippen molar-refractivity contribution in [1.82, 2.24) is 0 Å². The van der Waals surface area contributed by atoms with Gasteiger partial charge in [-0.2, -0.15) is 0 Å². The predicted octanol–water partition coefficient (Wildman–Crippen LogP) is 7.10. The van der Waals surface area contributed by atoms with Crippen LogP contribution in [0.15, 0.2) is 97.1 Å². The molecule has 1 aliphatic carbocycles. The molecule has 1 spiro atoms. The SMILES string of the molecule is Cc1ccc(C(=O)[C@H]2[C@H](c3ccccc3Cl)C3(C(=O)c4ccccc4C3=O)[C@H]3C=Cc4cc(F)ccc4N23)cc1. The largest absolute Gasteiger partial charge is 0.352 e. The minimum atomic E-state index is -1.65. The van der Waals surface area contributed by atoms with Gasteiger partial charge in [0.15, 0.2) is 17.3 Å². The first-order valence-corrected chi connectivity index (χ1v) is 13.5. The highest BCUT2D eigenvalue weighted by atomic mass is 35.5. The Kier molecular flexibility index (Phi) is 5.45. The molecule has 7 rings (SSSR count). The van der Waals surface area contributed by atoms with Crippen molar-refractivity contribution in [2.45, 2.75) is 24.9 Å². The molecule has 3 atom stereocenters. The van der Waals surface area contributed by atoms with Gasteiger partial charge in [-0.3, -0.25) is 14.4 Å². The lowest BCUT2D eigenvalue weighted by Gasteiger charge is -2.37. The summed E-state index contributed by atoms with van der Waals surface area (Å²) in [6, 6.07) is 23.8. The molecule has 3 aliphatic rings. The summed E-state index contributed by atoms with van der Waals surface area (Å²) in [4.78, 5) is 45.7. The lowest BCUT2D eigenvalue weighted by atomic mass is 9.64. The highest BCUT2D eigenvalue weighted by Gasteiger charge is 2.71. The van der Waals surface area contributed by atoms with Crippen LogP contribution >= 0.6 is 11.6 Å². The molecular formula is C34H23ClFNO3. The van der Waals surface area contributed by atoms with Gasteiger partial charge in [0.1, 0.15) is 17.3 Å². The molecule has 4 aromatic rings. The lowest BCUT2D eigenvalue weighted by molar-refractivity contribution is 0.0666. The van der Waals surface area contributed by atoms with Crippen molar-refractivity contribution in [2.24, 2.45) is 5.41 Å². The van der Waals surface area contributed by atoms with Crippen LogP contribution in [0.4, 0.5) is 10.1 Å². The quantitative estimate of drug-likeness (QED) is 0.203. The van der Waals surface area contributed by atoms with Gasteiger partial charge in [-0.1, -0.05) is 96.0 Å². The summed E-state index contributed by atoms with van der Waals surface area (Å²) in [5, 5.41) is 0.369. The maximum absolute atomic E-state index is 14.6.